The van der Waals surface area contributed by atoms with Gasteiger partial charge in [0.05, 0.1) is 11.3 Å². The molecule has 2 aliphatic rings. The SMILES string of the molecule is O=C1CC(c2ccccc2Cl)C(=O)C12CCCCC2. The Morgan fingerprint density at radius 2 is 1.74 bits per heavy atom. The molecule has 2 saturated carbocycles. The second-order valence-corrected chi connectivity index (χ2v) is 6.12. The molecular weight excluding hydrogens is 260 g/mol. The lowest BCUT2D eigenvalue weighted by Crippen LogP contribution is -2.35. The Balaban J connectivity index is 1.97. The number of rotatable bonds is 1. The van der Waals surface area contributed by atoms with Crippen LogP contribution in [0.3, 0.4) is 0 Å². The van der Waals surface area contributed by atoms with E-state index >= 15 is 0 Å². The van der Waals surface area contributed by atoms with Crippen molar-refractivity contribution in [3.05, 3.63) is 34.9 Å². The highest BCUT2D eigenvalue weighted by molar-refractivity contribution is 6.32. The molecule has 3 rings (SSSR count). The molecule has 0 amide bonds. The van der Waals surface area contributed by atoms with E-state index in [1.54, 1.807) is 6.07 Å². The Kier molecular flexibility index (Phi) is 3.22. The van der Waals surface area contributed by atoms with Gasteiger partial charge >= 0.3 is 0 Å². The van der Waals surface area contributed by atoms with E-state index < -0.39 is 5.41 Å². The van der Waals surface area contributed by atoms with E-state index in [9.17, 15) is 9.59 Å². The van der Waals surface area contributed by atoms with Gasteiger partial charge in [0.1, 0.15) is 5.78 Å². The topological polar surface area (TPSA) is 34.1 Å². The Hall–Kier alpha value is -1.15. The van der Waals surface area contributed by atoms with E-state index in [4.69, 9.17) is 11.6 Å². The first-order valence-electron chi connectivity index (χ1n) is 6.97. The number of ketones is 2. The van der Waals surface area contributed by atoms with Gasteiger partial charge in [-0.15, -0.1) is 0 Å². The Morgan fingerprint density at radius 1 is 1.05 bits per heavy atom. The molecule has 0 bridgehead atoms. The molecule has 1 atom stereocenters. The van der Waals surface area contributed by atoms with Crippen LogP contribution in [-0.2, 0) is 9.59 Å². The average molecular weight is 277 g/mol. The first kappa shape index (κ1) is 12.9. The molecule has 0 radical (unpaired) electrons. The van der Waals surface area contributed by atoms with Crippen molar-refractivity contribution in [2.75, 3.05) is 0 Å². The molecule has 2 fully saturated rings. The third-order valence-corrected chi connectivity index (χ3v) is 5.04. The molecule has 1 spiro atoms. The summed E-state index contributed by atoms with van der Waals surface area (Å²) in [5, 5.41) is 0.599. The zero-order valence-electron chi connectivity index (χ0n) is 10.8. The summed E-state index contributed by atoms with van der Waals surface area (Å²) in [6, 6.07) is 7.40. The Bertz CT molecular complexity index is 529. The number of hydrogen-bond donors (Lipinski definition) is 0. The van der Waals surface area contributed by atoms with E-state index in [1.165, 1.54) is 0 Å². The van der Waals surface area contributed by atoms with E-state index in [0.29, 0.717) is 11.4 Å². The van der Waals surface area contributed by atoms with Crippen LogP contribution in [0.25, 0.3) is 0 Å². The maximum Gasteiger partial charge on any atom is 0.154 e. The van der Waals surface area contributed by atoms with Gasteiger partial charge < -0.3 is 0 Å². The molecule has 0 N–H and O–H groups in total. The fourth-order valence-corrected chi connectivity index (χ4v) is 3.90. The molecule has 19 heavy (non-hydrogen) atoms. The minimum atomic E-state index is -0.678. The second-order valence-electron chi connectivity index (χ2n) is 5.71. The van der Waals surface area contributed by atoms with Gasteiger partial charge in [0, 0.05) is 11.4 Å². The molecule has 1 aromatic rings. The molecule has 0 aliphatic heterocycles. The predicted octanol–water partition coefficient (Wildman–Crippen LogP) is 3.92. The summed E-state index contributed by atoms with van der Waals surface area (Å²) in [4.78, 5) is 25.2. The standard InChI is InChI=1S/C16H17ClO2/c17-13-7-3-2-6-11(13)12-10-14(18)16(15(12)19)8-4-1-5-9-16/h2-3,6-7,12H,1,4-5,8-10H2. The molecule has 0 saturated heterocycles. The smallest absolute Gasteiger partial charge is 0.154 e. The number of hydrogen-bond acceptors (Lipinski definition) is 2. The van der Waals surface area contributed by atoms with Crippen LogP contribution in [0.5, 0.6) is 0 Å². The molecule has 2 aliphatic carbocycles. The van der Waals surface area contributed by atoms with Gasteiger partial charge in [-0.1, -0.05) is 49.1 Å². The van der Waals surface area contributed by atoms with Crippen molar-refractivity contribution in [2.24, 2.45) is 5.41 Å². The summed E-state index contributed by atoms with van der Waals surface area (Å²) in [5.74, 6) is -0.0632. The number of carbonyl (C=O) groups excluding carboxylic acids is 2. The van der Waals surface area contributed by atoms with E-state index in [0.717, 1.165) is 37.7 Å². The van der Waals surface area contributed by atoms with E-state index in [2.05, 4.69) is 0 Å². The Morgan fingerprint density at radius 3 is 2.42 bits per heavy atom. The van der Waals surface area contributed by atoms with Gasteiger partial charge in [0.25, 0.3) is 0 Å². The summed E-state index contributed by atoms with van der Waals surface area (Å²) in [7, 11) is 0. The summed E-state index contributed by atoms with van der Waals surface area (Å²) < 4.78 is 0. The first-order chi connectivity index (χ1) is 9.15. The monoisotopic (exact) mass is 276 g/mol. The van der Waals surface area contributed by atoms with Crippen molar-refractivity contribution in [2.45, 2.75) is 44.4 Å². The van der Waals surface area contributed by atoms with E-state index in [1.807, 2.05) is 18.2 Å². The maximum absolute atomic E-state index is 12.8. The van der Waals surface area contributed by atoms with E-state index in [-0.39, 0.29) is 17.5 Å². The largest absolute Gasteiger partial charge is 0.299 e. The highest BCUT2D eigenvalue weighted by Crippen LogP contribution is 2.50. The number of Topliss-reactive ketones (excluding diaryl/α,β-unsaturated/α-hetero) is 2. The molecular formula is C16H17ClO2. The summed E-state index contributed by atoms with van der Waals surface area (Å²) >= 11 is 6.18. The lowest BCUT2D eigenvalue weighted by molar-refractivity contribution is -0.137. The zero-order chi connectivity index (χ0) is 13.5. The highest BCUT2D eigenvalue weighted by atomic mass is 35.5. The minimum Gasteiger partial charge on any atom is -0.299 e. The molecule has 2 nitrogen and oxygen atoms in total. The average Bonchev–Trinajstić information content (AvgIpc) is 2.66. The number of benzene rings is 1. The van der Waals surface area contributed by atoms with Gasteiger partial charge in [-0.3, -0.25) is 9.59 Å². The highest BCUT2D eigenvalue weighted by Gasteiger charge is 2.54. The van der Waals surface area contributed by atoms with Crippen molar-refractivity contribution in [1.29, 1.82) is 0 Å². The Labute approximate surface area is 118 Å². The number of halogens is 1. The van der Waals surface area contributed by atoms with Crippen LogP contribution in [0, 0.1) is 5.41 Å². The van der Waals surface area contributed by atoms with Crippen LogP contribution >= 0.6 is 11.6 Å². The predicted molar refractivity (Wildman–Crippen MR) is 74.3 cm³/mol. The van der Waals surface area contributed by atoms with Crippen molar-refractivity contribution < 1.29 is 9.59 Å². The van der Waals surface area contributed by atoms with Crippen LogP contribution < -0.4 is 0 Å². The lowest BCUT2D eigenvalue weighted by atomic mass is 9.70. The lowest BCUT2D eigenvalue weighted by Gasteiger charge is -2.30. The van der Waals surface area contributed by atoms with Gasteiger partial charge in [-0.2, -0.15) is 0 Å². The summed E-state index contributed by atoms with van der Waals surface area (Å²) in [6.45, 7) is 0. The van der Waals surface area contributed by atoms with Crippen molar-refractivity contribution in [1.82, 2.24) is 0 Å². The van der Waals surface area contributed by atoms with Gasteiger partial charge in [0.15, 0.2) is 5.78 Å². The third kappa shape index (κ3) is 1.93. The van der Waals surface area contributed by atoms with Crippen LogP contribution in [-0.4, -0.2) is 11.6 Å². The molecule has 0 aromatic heterocycles. The van der Waals surface area contributed by atoms with Crippen molar-refractivity contribution >= 4 is 23.2 Å². The van der Waals surface area contributed by atoms with Crippen molar-refractivity contribution in [3.63, 3.8) is 0 Å². The van der Waals surface area contributed by atoms with Crippen LogP contribution in [0.2, 0.25) is 5.02 Å². The first-order valence-corrected chi connectivity index (χ1v) is 7.35. The molecule has 0 heterocycles. The molecule has 1 unspecified atom stereocenters. The normalized spacial score (nSPS) is 26.1. The van der Waals surface area contributed by atoms with Gasteiger partial charge in [-0.25, -0.2) is 0 Å². The molecule has 1 aromatic carbocycles. The van der Waals surface area contributed by atoms with Gasteiger partial charge in [0.2, 0.25) is 0 Å². The summed E-state index contributed by atoms with van der Waals surface area (Å²) in [6.07, 6.45) is 4.94. The molecule has 3 heteroatoms. The second kappa shape index (κ2) is 4.75. The van der Waals surface area contributed by atoms with Crippen LogP contribution in [0.4, 0.5) is 0 Å². The quantitative estimate of drug-likeness (QED) is 0.729. The van der Waals surface area contributed by atoms with Crippen molar-refractivity contribution in [3.8, 4) is 0 Å². The fraction of sp³-hybridized carbons (Fsp3) is 0.500. The maximum atomic E-state index is 12.8. The minimum absolute atomic E-state index is 0.116. The zero-order valence-corrected chi connectivity index (χ0v) is 11.6. The molecule has 100 valence electrons. The number of carbonyl (C=O) groups is 2. The van der Waals surface area contributed by atoms with Gasteiger partial charge in [-0.05, 0) is 24.5 Å². The van der Waals surface area contributed by atoms with Crippen LogP contribution in [0.1, 0.15) is 50.0 Å². The van der Waals surface area contributed by atoms with Crippen LogP contribution in [0.15, 0.2) is 24.3 Å². The third-order valence-electron chi connectivity index (χ3n) is 4.70. The summed E-state index contributed by atoms with van der Waals surface area (Å²) in [5.41, 5.74) is 0.146. The fourth-order valence-electron chi connectivity index (χ4n) is 3.63.